The fourth-order valence-corrected chi connectivity index (χ4v) is 5.12. The Morgan fingerprint density at radius 1 is 1.59 bits per heavy atom. The summed E-state index contributed by atoms with van der Waals surface area (Å²) < 4.78 is 27.8. The van der Waals surface area contributed by atoms with Gasteiger partial charge in [-0.3, -0.25) is 0 Å². The van der Waals surface area contributed by atoms with Gasteiger partial charge in [-0.2, -0.15) is 4.31 Å². The lowest BCUT2D eigenvalue weighted by Gasteiger charge is -2.21. The van der Waals surface area contributed by atoms with Gasteiger partial charge in [-0.1, -0.05) is 5.21 Å². The molecule has 0 aliphatic carbocycles. The van der Waals surface area contributed by atoms with E-state index in [4.69, 9.17) is 11.6 Å². The minimum absolute atomic E-state index is 0.0783. The van der Waals surface area contributed by atoms with Gasteiger partial charge >= 0.3 is 0 Å². The molecule has 1 aromatic rings. The zero-order valence-corrected chi connectivity index (χ0v) is 12.3. The molecule has 0 N–H and O–H groups in total. The average Bonchev–Trinajstić information content (AvgIpc) is 2.85. The molecule has 1 aliphatic heterocycles. The molecule has 1 aliphatic rings. The summed E-state index contributed by atoms with van der Waals surface area (Å²) in [5, 5.41) is 7.46. The maximum absolute atomic E-state index is 12.4. The van der Waals surface area contributed by atoms with Gasteiger partial charge in [-0.05, 0) is 28.8 Å². The molecule has 0 spiro atoms. The first-order chi connectivity index (χ1) is 7.98. The van der Waals surface area contributed by atoms with Crippen LogP contribution in [0.2, 0.25) is 0 Å². The van der Waals surface area contributed by atoms with Crippen molar-refractivity contribution in [1.29, 1.82) is 0 Å². The lowest BCUT2D eigenvalue weighted by atomic mass is 10.3. The van der Waals surface area contributed by atoms with Crippen LogP contribution in [0.5, 0.6) is 0 Å². The first kappa shape index (κ1) is 13.3. The molecule has 2 rings (SSSR count). The summed E-state index contributed by atoms with van der Waals surface area (Å²) in [6.45, 7) is 0.497. The normalized spacial score (nSPS) is 22.2. The summed E-state index contributed by atoms with van der Waals surface area (Å²) in [4.78, 5) is 0. The molecule has 0 aromatic carbocycles. The fourth-order valence-electron chi connectivity index (χ4n) is 1.99. The fraction of sp³-hybridized carbons (Fsp3) is 0.750. The molecule has 2 heterocycles. The van der Waals surface area contributed by atoms with Crippen LogP contribution in [0.3, 0.4) is 0 Å². The Balaban J connectivity index is 2.43. The Hall–Kier alpha value is -0.180. The second-order valence-electron chi connectivity index (χ2n) is 3.88. The predicted molar refractivity (Wildman–Crippen MR) is 66.3 cm³/mol. The van der Waals surface area contributed by atoms with Crippen molar-refractivity contribution in [3.63, 3.8) is 0 Å². The second kappa shape index (κ2) is 4.83. The van der Waals surface area contributed by atoms with Crippen LogP contribution in [0, 0.1) is 0 Å². The van der Waals surface area contributed by atoms with Crippen LogP contribution in [-0.2, 0) is 17.1 Å². The molecule has 9 heteroatoms. The standard InChI is InChI=1S/C8H12BrClN4O2S/c1-13-8(7(9)11-12-13)17(15,16)14-4-2-3-6(14)5-10/h6H,2-5H2,1H3. The molecule has 6 nitrogen and oxygen atoms in total. The van der Waals surface area contributed by atoms with Crippen LogP contribution in [-0.4, -0.2) is 46.2 Å². The van der Waals surface area contributed by atoms with Gasteiger partial charge in [-0.15, -0.1) is 16.7 Å². The third kappa shape index (κ3) is 2.23. The van der Waals surface area contributed by atoms with E-state index < -0.39 is 10.0 Å². The van der Waals surface area contributed by atoms with E-state index in [9.17, 15) is 8.42 Å². The van der Waals surface area contributed by atoms with Crippen LogP contribution in [0.4, 0.5) is 0 Å². The van der Waals surface area contributed by atoms with Crippen LogP contribution < -0.4 is 0 Å². The minimum atomic E-state index is -3.58. The number of rotatable bonds is 3. The monoisotopic (exact) mass is 342 g/mol. The van der Waals surface area contributed by atoms with Crippen LogP contribution in [0.15, 0.2) is 9.63 Å². The molecule has 17 heavy (non-hydrogen) atoms. The molecule has 0 saturated carbocycles. The molecular formula is C8H12BrClN4O2S. The van der Waals surface area contributed by atoms with Crippen molar-refractivity contribution in [3.8, 4) is 0 Å². The molecule has 0 amide bonds. The Morgan fingerprint density at radius 3 is 2.82 bits per heavy atom. The third-order valence-corrected chi connectivity index (χ3v) is 5.99. The van der Waals surface area contributed by atoms with Crippen molar-refractivity contribution in [1.82, 2.24) is 19.3 Å². The van der Waals surface area contributed by atoms with E-state index in [2.05, 4.69) is 26.2 Å². The molecule has 1 aromatic heterocycles. The van der Waals surface area contributed by atoms with E-state index in [0.717, 1.165) is 12.8 Å². The molecule has 1 saturated heterocycles. The van der Waals surface area contributed by atoms with E-state index in [0.29, 0.717) is 12.4 Å². The zero-order valence-electron chi connectivity index (χ0n) is 9.18. The number of halogens is 2. The summed E-state index contributed by atoms with van der Waals surface area (Å²) in [6, 6.07) is -0.136. The number of alkyl halides is 1. The second-order valence-corrected chi connectivity index (χ2v) is 6.74. The summed E-state index contributed by atoms with van der Waals surface area (Å²) in [5.41, 5.74) is 0. The lowest BCUT2D eigenvalue weighted by molar-refractivity contribution is 0.405. The van der Waals surface area contributed by atoms with Crippen molar-refractivity contribution >= 4 is 37.6 Å². The van der Waals surface area contributed by atoms with Crippen LogP contribution in [0.1, 0.15) is 12.8 Å². The molecule has 1 atom stereocenters. The number of nitrogens with zero attached hydrogens (tertiary/aromatic N) is 4. The quantitative estimate of drug-likeness (QED) is 0.767. The van der Waals surface area contributed by atoms with E-state index in [1.54, 1.807) is 7.05 Å². The van der Waals surface area contributed by atoms with Crippen LogP contribution >= 0.6 is 27.5 Å². The van der Waals surface area contributed by atoms with Crippen molar-refractivity contribution in [2.45, 2.75) is 23.9 Å². The van der Waals surface area contributed by atoms with Crippen molar-refractivity contribution in [2.75, 3.05) is 12.4 Å². The van der Waals surface area contributed by atoms with E-state index >= 15 is 0 Å². The van der Waals surface area contributed by atoms with E-state index in [1.807, 2.05) is 0 Å². The van der Waals surface area contributed by atoms with Gasteiger partial charge < -0.3 is 0 Å². The third-order valence-electron chi connectivity index (χ3n) is 2.79. The highest BCUT2D eigenvalue weighted by Gasteiger charge is 2.38. The average molecular weight is 344 g/mol. The zero-order chi connectivity index (χ0) is 12.6. The highest BCUT2D eigenvalue weighted by Crippen LogP contribution is 2.29. The van der Waals surface area contributed by atoms with Gasteiger partial charge in [0, 0.05) is 25.5 Å². The molecule has 1 unspecified atom stereocenters. The van der Waals surface area contributed by atoms with Gasteiger partial charge in [0.1, 0.15) is 0 Å². The predicted octanol–water partition coefficient (Wildman–Crippen LogP) is 0.969. The molecule has 0 bridgehead atoms. The molecular weight excluding hydrogens is 332 g/mol. The SMILES string of the molecule is Cn1nnc(Br)c1S(=O)(=O)N1CCCC1CCl. The van der Waals surface area contributed by atoms with Gasteiger partial charge in [-0.25, -0.2) is 13.1 Å². The first-order valence-corrected chi connectivity index (χ1v) is 7.88. The van der Waals surface area contributed by atoms with E-state index in [1.165, 1.54) is 8.99 Å². The summed E-state index contributed by atoms with van der Waals surface area (Å²) in [5.74, 6) is 0.308. The van der Waals surface area contributed by atoms with E-state index in [-0.39, 0.29) is 15.7 Å². The minimum Gasteiger partial charge on any atom is -0.235 e. The Bertz CT molecular complexity index is 498. The summed E-state index contributed by atoms with van der Waals surface area (Å²) >= 11 is 8.90. The topological polar surface area (TPSA) is 68.1 Å². The summed E-state index contributed by atoms with van der Waals surface area (Å²) in [6.07, 6.45) is 1.63. The number of aromatic nitrogens is 3. The van der Waals surface area contributed by atoms with Gasteiger partial charge in [0.25, 0.3) is 10.0 Å². The van der Waals surface area contributed by atoms with Gasteiger partial charge in [0.05, 0.1) is 0 Å². The molecule has 96 valence electrons. The summed E-state index contributed by atoms with van der Waals surface area (Å²) in [7, 11) is -2.03. The smallest absolute Gasteiger partial charge is 0.235 e. The van der Waals surface area contributed by atoms with Gasteiger partial charge in [0.15, 0.2) is 4.60 Å². The molecule has 0 radical (unpaired) electrons. The number of sulfonamides is 1. The maximum Gasteiger partial charge on any atom is 0.263 e. The van der Waals surface area contributed by atoms with Crippen molar-refractivity contribution in [2.24, 2.45) is 7.05 Å². The van der Waals surface area contributed by atoms with Gasteiger partial charge in [0.2, 0.25) is 5.03 Å². The maximum atomic E-state index is 12.4. The number of hydrogen-bond donors (Lipinski definition) is 0. The highest BCUT2D eigenvalue weighted by molar-refractivity contribution is 9.10. The van der Waals surface area contributed by atoms with Crippen molar-refractivity contribution < 1.29 is 8.42 Å². The highest BCUT2D eigenvalue weighted by atomic mass is 79.9. The molecule has 1 fully saturated rings. The van der Waals surface area contributed by atoms with Crippen LogP contribution in [0.25, 0.3) is 0 Å². The number of hydrogen-bond acceptors (Lipinski definition) is 4. The first-order valence-electron chi connectivity index (χ1n) is 5.11. The largest absolute Gasteiger partial charge is 0.263 e. The Labute approximate surface area is 113 Å². The Kier molecular flexibility index (Phi) is 3.77. The Morgan fingerprint density at radius 2 is 2.29 bits per heavy atom. The lowest BCUT2D eigenvalue weighted by Crippen LogP contribution is -2.37. The number of aryl methyl sites for hydroxylation is 1. The van der Waals surface area contributed by atoms with Crippen molar-refractivity contribution in [3.05, 3.63) is 4.60 Å².